The van der Waals surface area contributed by atoms with Crippen LogP contribution in [0.2, 0.25) is 0 Å². The van der Waals surface area contributed by atoms with Crippen LogP contribution in [0.15, 0.2) is 60.8 Å². The van der Waals surface area contributed by atoms with E-state index in [9.17, 15) is 14.7 Å². The summed E-state index contributed by atoms with van der Waals surface area (Å²) in [6, 6.07) is 0. The van der Waals surface area contributed by atoms with Crippen LogP contribution in [-0.4, -0.2) is 36.4 Å². The third kappa shape index (κ3) is 56.2. The molecule has 0 aromatic rings. The number of rotatable bonds is 55. The molecule has 0 aliphatic carbocycles. The van der Waals surface area contributed by atoms with Crippen LogP contribution in [0.3, 0.4) is 0 Å². The Labute approximate surface area is 423 Å². The van der Waals surface area contributed by atoms with Crippen molar-refractivity contribution in [2.75, 3.05) is 13.2 Å². The van der Waals surface area contributed by atoms with E-state index >= 15 is 0 Å². The molecule has 0 bridgehead atoms. The molecule has 0 aromatic carbocycles. The Balaban J connectivity index is 3.42. The van der Waals surface area contributed by atoms with Crippen molar-refractivity contribution in [3.8, 4) is 0 Å². The molecule has 0 fully saturated rings. The van der Waals surface area contributed by atoms with Gasteiger partial charge in [0.1, 0.15) is 6.61 Å². The zero-order valence-corrected chi connectivity index (χ0v) is 45.4. The molecule has 396 valence electrons. The summed E-state index contributed by atoms with van der Waals surface area (Å²) in [6.07, 6.45) is 79.3. The van der Waals surface area contributed by atoms with Gasteiger partial charge in [-0.3, -0.25) is 9.59 Å². The lowest BCUT2D eigenvalue weighted by Gasteiger charge is -2.15. The topological polar surface area (TPSA) is 72.8 Å². The zero-order chi connectivity index (χ0) is 49.2. The largest absolute Gasteiger partial charge is 0.462 e. The van der Waals surface area contributed by atoms with Crippen molar-refractivity contribution in [2.24, 2.45) is 0 Å². The predicted octanol–water partition coefficient (Wildman–Crippen LogP) is 20.2. The molecule has 0 spiro atoms. The summed E-state index contributed by atoms with van der Waals surface area (Å²) in [7, 11) is 0. The second kappa shape index (κ2) is 58.9. The molecule has 0 rings (SSSR count). The molecular weight excluding hydrogens is 837 g/mol. The number of aliphatic hydroxyl groups is 1. The van der Waals surface area contributed by atoms with Gasteiger partial charge in [-0.05, 0) is 77.0 Å². The molecule has 5 nitrogen and oxygen atoms in total. The van der Waals surface area contributed by atoms with Crippen LogP contribution in [0, 0.1) is 0 Å². The van der Waals surface area contributed by atoms with E-state index in [0.29, 0.717) is 12.8 Å². The first-order valence-electron chi connectivity index (χ1n) is 29.8. The molecule has 5 heteroatoms. The number of carbonyl (C=O) groups excluding carboxylic acids is 2. The maximum Gasteiger partial charge on any atom is 0.306 e. The summed E-state index contributed by atoms with van der Waals surface area (Å²) < 4.78 is 10.7. The van der Waals surface area contributed by atoms with E-state index in [1.807, 2.05) is 0 Å². The monoisotopic (exact) mass is 951 g/mol. The van der Waals surface area contributed by atoms with Gasteiger partial charge in [-0.25, -0.2) is 0 Å². The molecule has 0 saturated heterocycles. The van der Waals surface area contributed by atoms with Crippen LogP contribution in [0.25, 0.3) is 0 Å². The molecule has 0 aliphatic heterocycles. The van der Waals surface area contributed by atoms with Gasteiger partial charge in [0.15, 0.2) is 6.10 Å². The van der Waals surface area contributed by atoms with Gasteiger partial charge < -0.3 is 14.6 Å². The molecule has 0 aliphatic rings. The highest BCUT2D eigenvalue weighted by molar-refractivity contribution is 5.70. The number of hydrogen-bond acceptors (Lipinski definition) is 5. The van der Waals surface area contributed by atoms with Crippen molar-refractivity contribution in [1.29, 1.82) is 0 Å². The molecule has 68 heavy (non-hydrogen) atoms. The van der Waals surface area contributed by atoms with Crippen molar-refractivity contribution in [2.45, 2.75) is 315 Å². The second-order valence-corrected chi connectivity index (χ2v) is 20.0. The summed E-state index contributed by atoms with van der Waals surface area (Å²) in [5.41, 5.74) is 0. The van der Waals surface area contributed by atoms with Crippen LogP contribution >= 0.6 is 0 Å². The Hall–Kier alpha value is -2.40. The summed E-state index contributed by atoms with van der Waals surface area (Å²) >= 11 is 0. The van der Waals surface area contributed by atoms with Crippen LogP contribution in [0.4, 0.5) is 0 Å². The van der Waals surface area contributed by atoms with Crippen LogP contribution in [0.1, 0.15) is 309 Å². The third-order valence-corrected chi connectivity index (χ3v) is 13.3. The first-order valence-corrected chi connectivity index (χ1v) is 29.8. The number of unbranched alkanes of at least 4 members (excludes halogenated alkanes) is 37. The molecule has 0 saturated carbocycles. The maximum atomic E-state index is 12.3. The minimum absolute atomic E-state index is 0.0634. The van der Waals surface area contributed by atoms with Crippen molar-refractivity contribution >= 4 is 11.9 Å². The van der Waals surface area contributed by atoms with E-state index in [1.165, 1.54) is 218 Å². The Morgan fingerprint density at radius 2 is 0.632 bits per heavy atom. The fourth-order valence-corrected chi connectivity index (χ4v) is 8.84. The zero-order valence-electron chi connectivity index (χ0n) is 45.4. The number of ether oxygens (including phenoxy) is 2. The third-order valence-electron chi connectivity index (χ3n) is 13.3. The molecule has 0 radical (unpaired) electrons. The summed E-state index contributed by atoms with van der Waals surface area (Å²) in [5, 5.41) is 9.66. The predicted molar refractivity (Wildman–Crippen MR) is 297 cm³/mol. The number of hydrogen-bond donors (Lipinski definition) is 1. The average molecular weight is 952 g/mol. The average Bonchev–Trinajstić information content (AvgIpc) is 3.34. The second-order valence-electron chi connectivity index (χ2n) is 20.0. The summed E-state index contributed by atoms with van der Waals surface area (Å²) in [6.45, 7) is 4.06. The van der Waals surface area contributed by atoms with Crippen molar-refractivity contribution in [3.05, 3.63) is 60.8 Å². The quantitative estimate of drug-likeness (QED) is 0.0374. The highest BCUT2D eigenvalue weighted by Gasteiger charge is 2.16. The number of allylic oxidation sites excluding steroid dienone is 10. The van der Waals surface area contributed by atoms with E-state index < -0.39 is 6.10 Å². The lowest BCUT2D eigenvalue weighted by molar-refractivity contribution is -0.161. The van der Waals surface area contributed by atoms with Crippen molar-refractivity contribution < 1.29 is 24.2 Å². The SMILES string of the molecule is CC/C=C\C/C=C\C/C=C\C/C=C\CCCCCCCCCCCCCCCCCCCCCCCCC(=O)OC(CO)COC(=O)CCCCCCCCCCC/C=C\CCCCCCCC. The standard InChI is InChI=1S/C63H114O5/c1-3-5-7-9-11-13-15-17-19-21-23-24-25-26-27-28-29-30-31-32-33-34-35-36-37-38-40-42-44-46-48-50-52-54-56-58-63(66)68-61(59-64)60-67-62(65)57-55-53-51-49-47-45-43-41-39-22-20-18-16-14-12-10-8-6-4-2/h5,7,11,13,17-20,23-24,61,64H,3-4,6,8-10,12,14-16,21-22,25-60H2,1-2H3/b7-5-,13-11-,19-17-,20-18-,24-23-. The number of esters is 2. The number of carbonyl (C=O) groups is 2. The van der Waals surface area contributed by atoms with Gasteiger partial charge in [-0.1, -0.05) is 280 Å². The van der Waals surface area contributed by atoms with Crippen molar-refractivity contribution in [3.63, 3.8) is 0 Å². The molecule has 0 heterocycles. The first kappa shape index (κ1) is 65.6. The van der Waals surface area contributed by atoms with Gasteiger partial charge in [0.05, 0.1) is 6.61 Å². The molecule has 0 amide bonds. The minimum Gasteiger partial charge on any atom is -0.462 e. The first-order chi connectivity index (χ1) is 33.6. The van der Waals surface area contributed by atoms with Gasteiger partial charge in [-0.15, -0.1) is 0 Å². The highest BCUT2D eigenvalue weighted by atomic mass is 16.6. The highest BCUT2D eigenvalue weighted by Crippen LogP contribution is 2.17. The molecule has 1 atom stereocenters. The van der Waals surface area contributed by atoms with Gasteiger partial charge in [0.25, 0.3) is 0 Å². The smallest absolute Gasteiger partial charge is 0.306 e. The number of aliphatic hydroxyl groups excluding tert-OH is 1. The van der Waals surface area contributed by atoms with E-state index in [1.54, 1.807) is 0 Å². The van der Waals surface area contributed by atoms with E-state index in [0.717, 1.165) is 64.2 Å². The molecular formula is C63H114O5. The Morgan fingerprint density at radius 1 is 0.353 bits per heavy atom. The van der Waals surface area contributed by atoms with Crippen LogP contribution < -0.4 is 0 Å². The Kier molecular flexibility index (Phi) is 56.8. The normalized spacial score (nSPS) is 12.6. The van der Waals surface area contributed by atoms with Crippen molar-refractivity contribution in [1.82, 2.24) is 0 Å². The molecule has 1 N–H and O–H groups in total. The van der Waals surface area contributed by atoms with Gasteiger partial charge in [0.2, 0.25) is 0 Å². The van der Waals surface area contributed by atoms with Gasteiger partial charge in [0, 0.05) is 12.8 Å². The lowest BCUT2D eigenvalue weighted by Crippen LogP contribution is -2.28. The Morgan fingerprint density at radius 3 is 0.971 bits per heavy atom. The minimum atomic E-state index is -0.772. The molecule has 1 unspecified atom stereocenters. The molecule has 0 aromatic heterocycles. The van der Waals surface area contributed by atoms with Crippen LogP contribution in [-0.2, 0) is 19.1 Å². The Bertz CT molecular complexity index is 1170. The fraction of sp³-hybridized carbons (Fsp3) is 0.810. The van der Waals surface area contributed by atoms with Gasteiger partial charge in [-0.2, -0.15) is 0 Å². The summed E-state index contributed by atoms with van der Waals surface area (Å²) in [5.74, 6) is -0.578. The maximum absolute atomic E-state index is 12.3. The van der Waals surface area contributed by atoms with Gasteiger partial charge >= 0.3 is 11.9 Å². The van der Waals surface area contributed by atoms with E-state index in [-0.39, 0.29) is 25.2 Å². The lowest BCUT2D eigenvalue weighted by atomic mass is 10.0. The van der Waals surface area contributed by atoms with E-state index in [2.05, 4.69) is 74.6 Å². The van der Waals surface area contributed by atoms with Crippen LogP contribution in [0.5, 0.6) is 0 Å². The van der Waals surface area contributed by atoms with E-state index in [4.69, 9.17) is 9.47 Å². The summed E-state index contributed by atoms with van der Waals surface area (Å²) in [4.78, 5) is 24.5. The fourth-order valence-electron chi connectivity index (χ4n) is 8.84.